The first-order valence-electron chi connectivity index (χ1n) is 7.29. The van der Waals surface area contributed by atoms with Gasteiger partial charge in [0.1, 0.15) is 0 Å². The molecule has 0 bridgehead atoms. The number of aromatic nitrogens is 2. The third-order valence-electron chi connectivity index (χ3n) is 3.83. The summed E-state index contributed by atoms with van der Waals surface area (Å²) < 4.78 is 1.85. The van der Waals surface area contributed by atoms with E-state index in [2.05, 4.69) is 21.5 Å². The third kappa shape index (κ3) is 3.80. The molecule has 0 spiro atoms. The van der Waals surface area contributed by atoms with Crippen molar-refractivity contribution < 1.29 is 4.79 Å². The number of carbonyl (C=O) groups is 1. The fraction of sp³-hybridized carbons (Fsp3) is 0.714. The van der Waals surface area contributed by atoms with Gasteiger partial charge in [0.2, 0.25) is 5.91 Å². The van der Waals surface area contributed by atoms with E-state index in [9.17, 15) is 4.79 Å². The molecule has 0 aliphatic carbocycles. The lowest BCUT2D eigenvalue weighted by Gasteiger charge is -2.31. The number of aryl methyl sites for hydroxylation is 2. The summed E-state index contributed by atoms with van der Waals surface area (Å²) >= 11 is 0. The second-order valence-electron chi connectivity index (χ2n) is 5.57. The lowest BCUT2D eigenvalue weighted by molar-refractivity contribution is -0.126. The van der Waals surface area contributed by atoms with Gasteiger partial charge < -0.3 is 11.1 Å². The zero-order valence-electron chi connectivity index (χ0n) is 12.4. The molecule has 1 atom stereocenters. The Morgan fingerprint density at radius 3 is 3.05 bits per heavy atom. The van der Waals surface area contributed by atoms with Crippen LogP contribution in [-0.2, 0) is 18.4 Å². The molecular formula is C14H25N5O. The van der Waals surface area contributed by atoms with E-state index in [1.54, 1.807) is 0 Å². The second kappa shape index (κ2) is 6.85. The van der Waals surface area contributed by atoms with Crippen molar-refractivity contribution >= 4 is 5.91 Å². The maximum atomic E-state index is 12.0. The molecule has 0 aromatic carbocycles. The number of hydrogen-bond donors (Lipinski definition) is 2. The van der Waals surface area contributed by atoms with Crippen molar-refractivity contribution in [1.29, 1.82) is 0 Å². The van der Waals surface area contributed by atoms with Crippen molar-refractivity contribution in [1.82, 2.24) is 20.0 Å². The van der Waals surface area contributed by atoms with E-state index in [1.807, 2.05) is 18.7 Å². The Morgan fingerprint density at radius 1 is 1.60 bits per heavy atom. The van der Waals surface area contributed by atoms with Crippen LogP contribution in [0.3, 0.4) is 0 Å². The van der Waals surface area contributed by atoms with Crippen molar-refractivity contribution in [3.63, 3.8) is 0 Å². The Hall–Kier alpha value is -1.40. The summed E-state index contributed by atoms with van der Waals surface area (Å²) in [7, 11) is 1.94. The number of nitrogens with one attached hydrogen (secondary N) is 1. The molecule has 1 aromatic heterocycles. The highest BCUT2D eigenvalue weighted by molar-refractivity contribution is 5.78. The largest absolute Gasteiger partial charge is 0.355 e. The van der Waals surface area contributed by atoms with E-state index >= 15 is 0 Å². The standard InChI is InChI=1S/C14H25N5O/c1-11-13(8-18(2)17-11)10-19-7-3-4-12(9-19)14(20)16-6-5-15/h8,12H,3-7,9-10,15H2,1-2H3,(H,16,20). The molecule has 0 radical (unpaired) electrons. The first-order valence-corrected chi connectivity index (χ1v) is 7.29. The molecular weight excluding hydrogens is 254 g/mol. The van der Waals surface area contributed by atoms with Crippen molar-refractivity contribution in [3.8, 4) is 0 Å². The number of hydrogen-bond acceptors (Lipinski definition) is 4. The molecule has 1 saturated heterocycles. The van der Waals surface area contributed by atoms with Crippen LogP contribution >= 0.6 is 0 Å². The topological polar surface area (TPSA) is 76.2 Å². The molecule has 2 rings (SSSR count). The summed E-state index contributed by atoms with van der Waals surface area (Å²) in [6.45, 7) is 5.85. The molecule has 1 unspecified atom stereocenters. The monoisotopic (exact) mass is 279 g/mol. The maximum absolute atomic E-state index is 12.0. The van der Waals surface area contributed by atoms with Gasteiger partial charge >= 0.3 is 0 Å². The first kappa shape index (κ1) is 15.0. The molecule has 1 fully saturated rings. The minimum atomic E-state index is 0.0901. The van der Waals surface area contributed by atoms with Crippen LogP contribution in [0, 0.1) is 12.8 Å². The number of rotatable bonds is 5. The highest BCUT2D eigenvalue weighted by Crippen LogP contribution is 2.19. The second-order valence-corrected chi connectivity index (χ2v) is 5.57. The Balaban J connectivity index is 1.90. The predicted molar refractivity (Wildman–Crippen MR) is 78.0 cm³/mol. The molecule has 2 heterocycles. The molecule has 1 aliphatic rings. The van der Waals surface area contributed by atoms with E-state index < -0.39 is 0 Å². The zero-order valence-corrected chi connectivity index (χ0v) is 12.4. The molecule has 1 amide bonds. The Bertz CT molecular complexity index is 456. The highest BCUT2D eigenvalue weighted by atomic mass is 16.1. The van der Waals surface area contributed by atoms with Crippen LogP contribution < -0.4 is 11.1 Å². The lowest BCUT2D eigenvalue weighted by Crippen LogP contribution is -2.43. The average molecular weight is 279 g/mol. The van der Waals surface area contributed by atoms with Crippen molar-refractivity contribution in [2.75, 3.05) is 26.2 Å². The summed E-state index contributed by atoms with van der Waals surface area (Å²) in [6.07, 6.45) is 4.10. The number of amides is 1. The predicted octanol–water partition coefficient (Wildman–Crippen LogP) is 0.0154. The van der Waals surface area contributed by atoms with Crippen LogP contribution in [-0.4, -0.2) is 46.8 Å². The van der Waals surface area contributed by atoms with Crippen LogP contribution in [0.15, 0.2) is 6.20 Å². The summed E-state index contributed by atoms with van der Waals surface area (Å²) in [5.41, 5.74) is 7.74. The van der Waals surface area contributed by atoms with Crippen molar-refractivity contribution in [2.24, 2.45) is 18.7 Å². The van der Waals surface area contributed by atoms with Crippen LogP contribution in [0.4, 0.5) is 0 Å². The van der Waals surface area contributed by atoms with Crippen LogP contribution in [0.25, 0.3) is 0 Å². The highest BCUT2D eigenvalue weighted by Gasteiger charge is 2.25. The molecule has 20 heavy (non-hydrogen) atoms. The number of piperidine rings is 1. The number of likely N-dealkylation sites (tertiary alicyclic amines) is 1. The fourth-order valence-corrected chi connectivity index (χ4v) is 2.80. The number of nitrogens with zero attached hydrogens (tertiary/aromatic N) is 3. The van der Waals surface area contributed by atoms with E-state index in [-0.39, 0.29) is 11.8 Å². The first-order chi connectivity index (χ1) is 9.60. The summed E-state index contributed by atoms with van der Waals surface area (Å²) in [5.74, 6) is 0.232. The van der Waals surface area contributed by atoms with E-state index in [4.69, 9.17) is 5.73 Å². The Morgan fingerprint density at radius 2 is 2.40 bits per heavy atom. The molecule has 3 N–H and O–H groups in total. The molecule has 0 saturated carbocycles. The van der Waals surface area contributed by atoms with Gasteiger partial charge in [-0.15, -0.1) is 0 Å². The minimum Gasteiger partial charge on any atom is -0.355 e. The smallest absolute Gasteiger partial charge is 0.224 e. The van der Waals surface area contributed by atoms with Crippen molar-refractivity contribution in [2.45, 2.75) is 26.3 Å². The summed E-state index contributed by atoms with van der Waals surface area (Å²) in [5, 5.41) is 7.26. The van der Waals surface area contributed by atoms with E-state index in [1.165, 1.54) is 5.56 Å². The van der Waals surface area contributed by atoms with Gasteiger partial charge in [-0.3, -0.25) is 14.4 Å². The van der Waals surface area contributed by atoms with Crippen LogP contribution in [0.5, 0.6) is 0 Å². The molecule has 6 heteroatoms. The number of carbonyl (C=O) groups excluding carboxylic acids is 1. The molecule has 1 aromatic rings. The quantitative estimate of drug-likeness (QED) is 0.796. The SMILES string of the molecule is Cc1nn(C)cc1CN1CCCC(C(=O)NCCN)C1. The van der Waals surface area contributed by atoms with Gasteiger partial charge in [-0.1, -0.05) is 0 Å². The van der Waals surface area contributed by atoms with Crippen LogP contribution in [0.1, 0.15) is 24.1 Å². The summed E-state index contributed by atoms with van der Waals surface area (Å²) in [6, 6.07) is 0. The normalized spacial score (nSPS) is 20.1. The fourth-order valence-electron chi connectivity index (χ4n) is 2.80. The summed E-state index contributed by atoms with van der Waals surface area (Å²) in [4.78, 5) is 14.4. The van der Waals surface area contributed by atoms with Gasteiger partial charge in [0.25, 0.3) is 0 Å². The van der Waals surface area contributed by atoms with Gasteiger partial charge in [-0.05, 0) is 26.3 Å². The van der Waals surface area contributed by atoms with Gasteiger partial charge in [0, 0.05) is 45.0 Å². The molecule has 112 valence electrons. The molecule has 1 aliphatic heterocycles. The average Bonchev–Trinajstić information content (AvgIpc) is 2.74. The van der Waals surface area contributed by atoms with E-state index in [0.717, 1.165) is 38.2 Å². The van der Waals surface area contributed by atoms with Gasteiger partial charge in [0.05, 0.1) is 11.6 Å². The van der Waals surface area contributed by atoms with E-state index in [0.29, 0.717) is 13.1 Å². The minimum absolute atomic E-state index is 0.0901. The van der Waals surface area contributed by atoms with Gasteiger partial charge in [-0.25, -0.2) is 0 Å². The maximum Gasteiger partial charge on any atom is 0.224 e. The zero-order chi connectivity index (χ0) is 14.5. The van der Waals surface area contributed by atoms with Crippen molar-refractivity contribution in [3.05, 3.63) is 17.5 Å². The number of nitrogens with two attached hydrogens (primary N) is 1. The lowest BCUT2D eigenvalue weighted by atomic mass is 9.96. The molecule has 6 nitrogen and oxygen atoms in total. The Labute approximate surface area is 120 Å². The van der Waals surface area contributed by atoms with Gasteiger partial charge in [-0.2, -0.15) is 5.10 Å². The Kier molecular flexibility index (Phi) is 5.14. The van der Waals surface area contributed by atoms with Gasteiger partial charge in [0.15, 0.2) is 0 Å². The third-order valence-corrected chi connectivity index (χ3v) is 3.83. The van der Waals surface area contributed by atoms with Crippen LogP contribution in [0.2, 0.25) is 0 Å².